The summed E-state index contributed by atoms with van der Waals surface area (Å²) in [5.41, 5.74) is -0.570. The van der Waals surface area contributed by atoms with E-state index in [-0.39, 0.29) is 53.1 Å². The maximum Gasteiger partial charge on any atom is 0.399 e. The topological polar surface area (TPSA) is 107 Å². The third-order valence-electron chi connectivity index (χ3n) is 9.63. The molecule has 262 valence electrons. The smallest absolute Gasteiger partial charge is 0.399 e. The fraction of sp³-hybridized carbons (Fsp3) is 0.417. The lowest BCUT2D eigenvalue weighted by molar-refractivity contribution is -0.384. The first kappa shape index (κ1) is 35.7. The van der Waals surface area contributed by atoms with E-state index >= 15 is 13.2 Å². The zero-order chi connectivity index (χ0) is 35.5. The maximum absolute atomic E-state index is 15.2. The predicted molar refractivity (Wildman–Crippen MR) is 176 cm³/mol. The van der Waals surface area contributed by atoms with Crippen LogP contribution in [0.2, 0.25) is 0 Å². The highest BCUT2D eigenvalue weighted by Crippen LogP contribution is 2.46. The van der Waals surface area contributed by atoms with Crippen molar-refractivity contribution < 1.29 is 41.9 Å². The van der Waals surface area contributed by atoms with Gasteiger partial charge in [-0.1, -0.05) is 18.2 Å². The number of nitro groups is 1. The second kappa shape index (κ2) is 14.5. The molecule has 0 amide bonds. The van der Waals surface area contributed by atoms with Gasteiger partial charge in [0.2, 0.25) is 0 Å². The number of aliphatic carboxylic acids is 1. The summed E-state index contributed by atoms with van der Waals surface area (Å²) in [5.74, 6) is -0.128. The fourth-order valence-corrected chi connectivity index (χ4v) is 6.82. The molecule has 3 aromatic carbocycles. The van der Waals surface area contributed by atoms with Gasteiger partial charge in [-0.05, 0) is 87.0 Å². The van der Waals surface area contributed by atoms with Gasteiger partial charge in [0.25, 0.3) is 5.69 Å². The van der Waals surface area contributed by atoms with Crippen molar-refractivity contribution in [3.63, 3.8) is 0 Å². The van der Waals surface area contributed by atoms with Crippen LogP contribution in [0.4, 0.5) is 23.2 Å². The summed E-state index contributed by atoms with van der Waals surface area (Å²) in [6.45, 7) is 1.55. The molecule has 1 unspecified atom stereocenters. The van der Waals surface area contributed by atoms with Gasteiger partial charge in [0.05, 0.1) is 31.2 Å². The lowest BCUT2D eigenvalue weighted by atomic mass is 9.80. The van der Waals surface area contributed by atoms with E-state index in [1.54, 1.807) is 11.0 Å². The number of nitro benzene ring substituents is 1. The van der Waals surface area contributed by atoms with Crippen molar-refractivity contribution in [2.24, 2.45) is 5.92 Å². The Balaban J connectivity index is 1.39. The normalized spacial score (nSPS) is 15.7. The SMILES string of the molecule is COc1cc(CCC(=O)O)cc(OC)c1CC1CCN(CC(C)(c2cn(Cc3ccccc3F)c3cc([N+](=O)[O-])ccc23)C(F)(F)F)CC1. The molecule has 4 aromatic rings. The Labute approximate surface area is 281 Å². The number of carboxylic acid groups (broad SMARTS) is 1. The van der Waals surface area contributed by atoms with Gasteiger partial charge in [0.1, 0.15) is 22.7 Å². The molecule has 49 heavy (non-hydrogen) atoms. The standard InChI is InChI=1S/C36H39F4N3O6/c1-35(36(38,39)40,29-21-42(20-25-6-4-5-7-30(25)37)31-19-26(43(46)47)9-10-27(29)31)22-41-14-12-23(13-15-41)16-28-32(48-2)17-24(8-11-34(44)45)18-33(28)49-3/h4-7,9-10,17-19,21,23H,8,11-16,20,22H2,1-3H3,(H,44,45). The molecule has 0 radical (unpaired) electrons. The number of aromatic nitrogens is 1. The molecule has 1 saturated heterocycles. The lowest BCUT2D eigenvalue weighted by Gasteiger charge is -2.40. The molecule has 1 N–H and O–H groups in total. The number of rotatable bonds is 13. The quantitative estimate of drug-likeness (QED) is 0.0880. The number of methoxy groups -OCH3 is 2. The van der Waals surface area contributed by atoms with Crippen LogP contribution in [0.25, 0.3) is 10.9 Å². The van der Waals surface area contributed by atoms with Crippen LogP contribution >= 0.6 is 0 Å². The minimum absolute atomic E-state index is 0.0270. The Kier molecular flexibility index (Phi) is 10.5. The largest absolute Gasteiger partial charge is 0.496 e. The van der Waals surface area contributed by atoms with E-state index in [2.05, 4.69) is 0 Å². The summed E-state index contributed by atoms with van der Waals surface area (Å²) < 4.78 is 72.9. The number of non-ortho nitro benzene ring substituents is 1. The van der Waals surface area contributed by atoms with Gasteiger partial charge in [0, 0.05) is 47.8 Å². The summed E-state index contributed by atoms with van der Waals surface area (Å²) in [5, 5.41) is 20.9. The van der Waals surface area contributed by atoms with Crippen LogP contribution < -0.4 is 9.47 Å². The van der Waals surface area contributed by atoms with Crippen LogP contribution in [0.15, 0.2) is 60.8 Å². The second-order valence-corrected chi connectivity index (χ2v) is 12.8. The predicted octanol–water partition coefficient (Wildman–Crippen LogP) is 7.55. The van der Waals surface area contributed by atoms with Crippen LogP contribution in [-0.2, 0) is 29.6 Å². The molecule has 5 rings (SSSR count). The first-order valence-electron chi connectivity index (χ1n) is 16.0. The Morgan fingerprint density at radius 1 is 1.04 bits per heavy atom. The van der Waals surface area contributed by atoms with Crippen molar-refractivity contribution in [2.75, 3.05) is 33.9 Å². The fourth-order valence-electron chi connectivity index (χ4n) is 6.82. The van der Waals surface area contributed by atoms with Gasteiger partial charge < -0.3 is 24.0 Å². The summed E-state index contributed by atoms with van der Waals surface area (Å²) in [7, 11) is 3.07. The summed E-state index contributed by atoms with van der Waals surface area (Å²) in [6.07, 6.45) is -1.20. The van der Waals surface area contributed by atoms with Gasteiger partial charge in [-0.25, -0.2) is 4.39 Å². The third-order valence-corrected chi connectivity index (χ3v) is 9.63. The van der Waals surface area contributed by atoms with Crippen LogP contribution in [0.1, 0.15) is 48.4 Å². The van der Waals surface area contributed by atoms with Crippen molar-refractivity contribution in [3.8, 4) is 11.5 Å². The molecule has 13 heteroatoms. The molecule has 0 spiro atoms. The summed E-state index contributed by atoms with van der Waals surface area (Å²) in [6, 6.07) is 13.3. The van der Waals surface area contributed by atoms with Crippen molar-refractivity contribution >= 4 is 22.6 Å². The molecular weight excluding hydrogens is 646 g/mol. The number of piperidine rings is 1. The van der Waals surface area contributed by atoms with E-state index < -0.39 is 28.3 Å². The van der Waals surface area contributed by atoms with Gasteiger partial charge in [-0.2, -0.15) is 13.2 Å². The zero-order valence-electron chi connectivity index (χ0n) is 27.6. The minimum Gasteiger partial charge on any atom is -0.496 e. The van der Waals surface area contributed by atoms with E-state index in [0.717, 1.165) is 18.1 Å². The average molecular weight is 686 g/mol. The molecule has 0 aliphatic carbocycles. The number of likely N-dealkylation sites (tertiary alicyclic amines) is 1. The highest BCUT2D eigenvalue weighted by molar-refractivity contribution is 5.87. The maximum atomic E-state index is 15.2. The van der Waals surface area contributed by atoms with Gasteiger partial charge >= 0.3 is 12.1 Å². The van der Waals surface area contributed by atoms with E-state index in [1.165, 1.54) is 61.4 Å². The molecule has 2 heterocycles. The van der Waals surface area contributed by atoms with E-state index in [1.807, 2.05) is 12.1 Å². The number of carbonyl (C=O) groups is 1. The number of ether oxygens (including phenoxy) is 2. The van der Waals surface area contributed by atoms with Crippen LogP contribution in [0, 0.1) is 21.8 Å². The molecule has 1 atom stereocenters. The van der Waals surface area contributed by atoms with Crippen molar-refractivity contribution in [1.82, 2.24) is 9.47 Å². The molecule has 1 aliphatic heterocycles. The number of fused-ring (bicyclic) bond motifs is 1. The minimum atomic E-state index is -4.67. The van der Waals surface area contributed by atoms with Crippen LogP contribution in [0.5, 0.6) is 11.5 Å². The molecule has 0 saturated carbocycles. The van der Waals surface area contributed by atoms with E-state index in [4.69, 9.17) is 14.6 Å². The Bertz CT molecular complexity index is 1810. The Morgan fingerprint density at radius 2 is 1.69 bits per heavy atom. The number of aryl methyl sites for hydroxylation is 1. The van der Waals surface area contributed by atoms with Crippen molar-refractivity contribution in [2.45, 2.75) is 57.2 Å². The monoisotopic (exact) mass is 685 g/mol. The van der Waals surface area contributed by atoms with Gasteiger partial charge in [0.15, 0.2) is 0 Å². The lowest BCUT2D eigenvalue weighted by Crippen LogP contribution is -2.50. The van der Waals surface area contributed by atoms with Gasteiger partial charge in [-0.3, -0.25) is 14.9 Å². The second-order valence-electron chi connectivity index (χ2n) is 12.8. The molecular formula is C36H39F4N3O6. The van der Waals surface area contributed by atoms with E-state index in [0.29, 0.717) is 50.3 Å². The molecule has 9 nitrogen and oxygen atoms in total. The highest BCUT2D eigenvalue weighted by atomic mass is 19.4. The number of hydrogen-bond donors (Lipinski definition) is 1. The number of alkyl halides is 3. The van der Waals surface area contributed by atoms with Crippen molar-refractivity contribution in [1.29, 1.82) is 0 Å². The zero-order valence-corrected chi connectivity index (χ0v) is 27.6. The first-order chi connectivity index (χ1) is 23.2. The Hall–Kier alpha value is -4.65. The number of nitrogens with zero attached hydrogens (tertiary/aromatic N) is 3. The highest BCUT2D eigenvalue weighted by Gasteiger charge is 2.54. The average Bonchev–Trinajstić information content (AvgIpc) is 3.43. The molecule has 0 bridgehead atoms. The van der Waals surface area contributed by atoms with Crippen LogP contribution in [-0.4, -0.2) is 65.5 Å². The van der Waals surface area contributed by atoms with E-state index in [9.17, 15) is 19.3 Å². The first-order valence-corrected chi connectivity index (χ1v) is 16.0. The number of halogens is 4. The number of carboxylic acids is 1. The summed E-state index contributed by atoms with van der Waals surface area (Å²) in [4.78, 5) is 23.9. The number of hydrogen-bond acceptors (Lipinski definition) is 6. The summed E-state index contributed by atoms with van der Waals surface area (Å²) >= 11 is 0. The van der Waals surface area contributed by atoms with Gasteiger partial charge in [-0.15, -0.1) is 0 Å². The molecule has 1 fully saturated rings. The third kappa shape index (κ3) is 7.66. The Morgan fingerprint density at radius 3 is 2.27 bits per heavy atom. The van der Waals surface area contributed by atoms with Crippen molar-refractivity contribution in [3.05, 3.63) is 99.0 Å². The molecule has 1 aliphatic rings. The van der Waals surface area contributed by atoms with Crippen LogP contribution in [0.3, 0.4) is 0 Å². The number of benzene rings is 3. The molecule has 1 aromatic heterocycles.